The van der Waals surface area contributed by atoms with Crippen LogP contribution >= 0.6 is 11.8 Å². The van der Waals surface area contributed by atoms with Crippen LogP contribution in [0.1, 0.15) is 17.8 Å². The summed E-state index contributed by atoms with van der Waals surface area (Å²) in [4.78, 5) is 0. The minimum absolute atomic E-state index is 0.0644. The van der Waals surface area contributed by atoms with Crippen molar-refractivity contribution >= 4 is 17.6 Å². The maximum atomic E-state index is 8.45. The number of hydrogen-bond donors (Lipinski definition) is 2. The lowest BCUT2D eigenvalue weighted by molar-refractivity contribution is 0.300. The molecule has 0 aliphatic heterocycles. The van der Waals surface area contributed by atoms with Crippen molar-refractivity contribution < 1.29 is 9.84 Å². The number of aromatic nitrogens is 2. The van der Waals surface area contributed by atoms with Crippen molar-refractivity contribution in [2.24, 2.45) is 10.9 Å². The van der Waals surface area contributed by atoms with Crippen LogP contribution in [0.15, 0.2) is 9.78 Å². The van der Waals surface area contributed by atoms with Crippen LogP contribution in [-0.2, 0) is 6.42 Å². The predicted molar refractivity (Wildman–Crippen MR) is 53.5 cm³/mol. The van der Waals surface area contributed by atoms with Crippen LogP contribution < -0.4 is 5.73 Å². The molecular weight excluding hydrogens is 204 g/mol. The molecule has 0 saturated heterocycles. The maximum Gasteiger partial charge on any atom is 0.194 e. The van der Waals surface area contributed by atoms with Gasteiger partial charge in [-0.05, 0) is 30.0 Å². The summed E-state index contributed by atoms with van der Waals surface area (Å²) in [6, 6.07) is 0. The Morgan fingerprint density at radius 1 is 1.64 bits per heavy atom. The number of thioether (sulfide) groups is 1. The van der Waals surface area contributed by atoms with Crippen molar-refractivity contribution in [1.29, 1.82) is 0 Å². The third-order valence-corrected chi connectivity index (χ3v) is 2.37. The fourth-order valence-corrected chi connectivity index (χ4v) is 1.43. The first-order valence-corrected chi connectivity index (χ1v) is 5.47. The second-order valence-corrected chi connectivity index (χ2v) is 3.63. The largest absolute Gasteiger partial charge is 0.409 e. The maximum absolute atomic E-state index is 8.45. The molecular formula is C7H12N4O2S. The van der Waals surface area contributed by atoms with E-state index < -0.39 is 0 Å². The highest BCUT2D eigenvalue weighted by Crippen LogP contribution is 2.07. The van der Waals surface area contributed by atoms with E-state index >= 15 is 0 Å². The number of rotatable bonds is 5. The molecule has 0 atom stereocenters. The van der Waals surface area contributed by atoms with E-state index in [-0.39, 0.29) is 5.84 Å². The van der Waals surface area contributed by atoms with Crippen LogP contribution in [0, 0.1) is 0 Å². The van der Waals surface area contributed by atoms with E-state index in [1.54, 1.807) is 11.8 Å². The first kappa shape index (κ1) is 10.8. The lowest BCUT2D eigenvalue weighted by Gasteiger charge is -1.96. The monoisotopic (exact) mass is 216 g/mol. The molecule has 0 aliphatic rings. The number of nitrogens with two attached hydrogens (primary N) is 1. The van der Waals surface area contributed by atoms with Gasteiger partial charge in [0.15, 0.2) is 11.5 Å². The molecule has 0 aromatic carbocycles. The smallest absolute Gasteiger partial charge is 0.194 e. The van der Waals surface area contributed by atoms with E-state index in [2.05, 4.69) is 20.1 Å². The van der Waals surface area contributed by atoms with Gasteiger partial charge in [-0.25, -0.2) is 4.63 Å². The van der Waals surface area contributed by atoms with E-state index in [1.807, 2.05) is 6.26 Å². The minimum atomic E-state index is -0.0644. The summed E-state index contributed by atoms with van der Waals surface area (Å²) >= 11 is 1.75. The Kier molecular flexibility index (Phi) is 4.24. The molecule has 0 aliphatic carbocycles. The van der Waals surface area contributed by atoms with Crippen LogP contribution in [0.4, 0.5) is 0 Å². The lowest BCUT2D eigenvalue weighted by atomic mass is 10.2. The summed E-state index contributed by atoms with van der Waals surface area (Å²) in [6.45, 7) is 0. The van der Waals surface area contributed by atoms with Gasteiger partial charge in [-0.2, -0.15) is 11.8 Å². The third kappa shape index (κ3) is 2.63. The molecule has 0 radical (unpaired) electrons. The molecule has 1 aromatic heterocycles. The highest BCUT2D eigenvalue weighted by Gasteiger charge is 2.13. The number of oxime groups is 1. The van der Waals surface area contributed by atoms with Crippen molar-refractivity contribution in [1.82, 2.24) is 10.3 Å². The van der Waals surface area contributed by atoms with Crippen LogP contribution in [0.2, 0.25) is 0 Å². The van der Waals surface area contributed by atoms with Crippen molar-refractivity contribution in [2.45, 2.75) is 12.8 Å². The van der Waals surface area contributed by atoms with Crippen molar-refractivity contribution in [3.05, 3.63) is 11.4 Å². The topological polar surface area (TPSA) is 97.5 Å². The Labute approximate surface area is 85.5 Å². The first-order valence-electron chi connectivity index (χ1n) is 4.08. The molecule has 0 amide bonds. The summed E-state index contributed by atoms with van der Waals surface area (Å²) < 4.78 is 4.52. The summed E-state index contributed by atoms with van der Waals surface area (Å²) in [6.07, 6.45) is 3.71. The Hall–Kier alpha value is -1.24. The molecule has 1 heterocycles. The molecule has 0 fully saturated rings. The van der Waals surface area contributed by atoms with E-state index in [0.29, 0.717) is 11.4 Å². The number of amidine groups is 1. The van der Waals surface area contributed by atoms with Gasteiger partial charge in [0.2, 0.25) is 0 Å². The average Bonchev–Trinajstić information content (AvgIpc) is 2.65. The Balaban J connectivity index is 2.63. The summed E-state index contributed by atoms with van der Waals surface area (Å²) in [5.41, 5.74) is 6.34. The van der Waals surface area contributed by atoms with E-state index in [9.17, 15) is 0 Å². The Bertz CT molecular complexity index is 312. The molecule has 3 N–H and O–H groups in total. The quantitative estimate of drug-likeness (QED) is 0.244. The molecule has 1 rings (SSSR count). The molecule has 0 saturated carbocycles. The van der Waals surface area contributed by atoms with Crippen LogP contribution in [0.25, 0.3) is 0 Å². The molecule has 0 bridgehead atoms. The molecule has 0 unspecified atom stereocenters. The summed E-state index contributed by atoms with van der Waals surface area (Å²) in [7, 11) is 0. The SMILES string of the molecule is CSCCCc1nonc1C(N)=NO. The third-order valence-electron chi connectivity index (χ3n) is 1.67. The van der Waals surface area contributed by atoms with E-state index in [1.165, 1.54) is 0 Å². The van der Waals surface area contributed by atoms with Gasteiger partial charge in [0.25, 0.3) is 0 Å². The van der Waals surface area contributed by atoms with Gasteiger partial charge in [0.1, 0.15) is 5.69 Å². The number of aryl methyl sites for hydroxylation is 1. The summed E-state index contributed by atoms with van der Waals surface area (Å²) in [5.74, 6) is 0.966. The second kappa shape index (κ2) is 5.48. The first-order chi connectivity index (χ1) is 6.79. The molecule has 14 heavy (non-hydrogen) atoms. The Morgan fingerprint density at radius 2 is 2.43 bits per heavy atom. The molecule has 78 valence electrons. The summed E-state index contributed by atoms with van der Waals surface area (Å²) in [5, 5.41) is 18.5. The zero-order chi connectivity index (χ0) is 10.4. The van der Waals surface area contributed by atoms with E-state index in [4.69, 9.17) is 10.9 Å². The molecule has 7 heteroatoms. The van der Waals surface area contributed by atoms with Crippen molar-refractivity contribution in [2.75, 3.05) is 12.0 Å². The fraction of sp³-hybridized carbons (Fsp3) is 0.571. The molecule has 0 spiro atoms. The standard InChI is InChI=1S/C7H12N4O2S/c1-14-4-2-3-5-6(7(8)9-12)11-13-10-5/h12H,2-4H2,1H3,(H2,8,9). The second-order valence-electron chi connectivity index (χ2n) is 2.64. The fourth-order valence-electron chi connectivity index (χ4n) is 0.996. The normalized spacial score (nSPS) is 11.9. The van der Waals surface area contributed by atoms with Crippen molar-refractivity contribution in [3.63, 3.8) is 0 Å². The zero-order valence-corrected chi connectivity index (χ0v) is 8.62. The average molecular weight is 216 g/mol. The van der Waals surface area contributed by atoms with Gasteiger partial charge < -0.3 is 10.9 Å². The number of nitrogens with zero attached hydrogens (tertiary/aromatic N) is 3. The minimum Gasteiger partial charge on any atom is -0.409 e. The lowest BCUT2D eigenvalue weighted by Crippen LogP contribution is -2.15. The predicted octanol–water partition coefficient (Wildman–Crippen LogP) is 0.460. The van der Waals surface area contributed by atoms with Gasteiger partial charge in [-0.15, -0.1) is 0 Å². The zero-order valence-electron chi connectivity index (χ0n) is 7.80. The van der Waals surface area contributed by atoms with Crippen LogP contribution in [-0.4, -0.2) is 33.4 Å². The number of hydrogen-bond acceptors (Lipinski definition) is 6. The van der Waals surface area contributed by atoms with Gasteiger partial charge in [-0.3, -0.25) is 0 Å². The van der Waals surface area contributed by atoms with Gasteiger partial charge in [0.05, 0.1) is 0 Å². The highest BCUT2D eigenvalue weighted by atomic mass is 32.2. The molecule has 6 nitrogen and oxygen atoms in total. The van der Waals surface area contributed by atoms with Gasteiger partial charge >= 0.3 is 0 Å². The van der Waals surface area contributed by atoms with Crippen LogP contribution in [0.5, 0.6) is 0 Å². The van der Waals surface area contributed by atoms with Crippen LogP contribution in [0.3, 0.4) is 0 Å². The van der Waals surface area contributed by atoms with Gasteiger partial charge in [0, 0.05) is 0 Å². The highest BCUT2D eigenvalue weighted by molar-refractivity contribution is 7.98. The van der Waals surface area contributed by atoms with Crippen molar-refractivity contribution in [3.8, 4) is 0 Å². The van der Waals surface area contributed by atoms with Gasteiger partial charge in [-0.1, -0.05) is 10.3 Å². The Morgan fingerprint density at radius 3 is 3.07 bits per heavy atom. The molecule has 1 aromatic rings. The van der Waals surface area contributed by atoms with E-state index in [0.717, 1.165) is 18.6 Å².